The number of ether oxygens (including phenoxy) is 2. The molecular weight excluding hydrogens is 216 g/mol. The standard InChI is InChI=1S/C14H16O3/c1-11(14-4-3-9-16-14)17-10-12-5-7-13(15-2)8-6-12/h3-9,11H,10H2,1-2H3/t11-/m0/s1. The fraction of sp³-hybridized carbons (Fsp3) is 0.286. The normalized spacial score (nSPS) is 12.4. The Balaban J connectivity index is 1.89. The van der Waals surface area contributed by atoms with Gasteiger partial charge in [0.05, 0.1) is 20.0 Å². The molecule has 2 rings (SSSR count). The first kappa shape index (κ1) is 11.7. The van der Waals surface area contributed by atoms with Crippen LogP contribution >= 0.6 is 0 Å². The zero-order valence-corrected chi connectivity index (χ0v) is 10.1. The minimum absolute atomic E-state index is 0.0351. The molecule has 1 aromatic carbocycles. The molecule has 0 N–H and O–H groups in total. The molecule has 1 aromatic heterocycles. The number of hydrogen-bond acceptors (Lipinski definition) is 3. The molecule has 0 unspecified atom stereocenters. The Hall–Kier alpha value is -1.74. The van der Waals surface area contributed by atoms with Gasteiger partial charge in [-0.1, -0.05) is 12.1 Å². The van der Waals surface area contributed by atoms with Gasteiger partial charge in [-0.15, -0.1) is 0 Å². The van der Waals surface area contributed by atoms with Crippen LogP contribution in [-0.2, 0) is 11.3 Å². The SMILES string of the molecule is COc1ccc(CO[C@@H](C)c2ccco2)cc1. The van der Waals surface area contributed by atoms with Gasteiger partial charge in [0.2, 0.25) is 0 Å². The van der Waals surface area contributed by atoms with Crippen molar-refractivity contribution in [2.45, 2.75) is 19.6 Å². The highest BCUT2D eigenvalue weighted by molar-refractivity contribution is 5.26. The summed E-state index contributed by atoms with van der Waals surface area (Å²) in [4.78, 5) is 0. The third kappa shape index (κ3) is 3.11. The second-order valence-electron chi connectivity index (χ2n) is 3.82. The number of rotatable bonds is 5. The van der Waals surface area contributed by atoms with Crippen molar-refractivity contribution in [1.82, 2.24) is 0 Å². The molecule has 0 saturated heterocycles. The molecule has 0 spiro atoms. The molecule has 0 radical (unpaired) electrons. The molecular formula is C14H16O3. The highest BCUT2D eigenvalue weighted by Crippen LogP contribution is 2.19. The van der Waals surface area contributed by atoms with Gasteiger partial charge < -0.3 is 13.9 Å². The van der Waals surface area contributed by atoms with Crippen molar-refractivity contribution in [3.8, 4) is 5.75 Å². The lowest BCUT2D eigenvalue weighted by Crippen LogP contribution is -1.99. The van der Waals surface area contributed by atoms with E-state index in [2.05, 4.69) is 0 Å². The zero-order valence-electron chi connectivity index (χ0n) is 10.1. The predicted molar refractivity (Wildman–Crippen MR) is 64.9 cm³/mol. The smallest absolute Gasteiger partial charge is 0.132 e. The summed E-state index contributed by atoms with van der Waals surface area (Å²) in [6.07, 6.45) is 1.62. The molecule has 3 nitrogen and oxygen atoms in total. The van der Waals surface area contributed by atoms with Crippen molar-refractivity contribution >= 4 is 0 Å². The first-order valence-electron chi connectivity index (χ1n) is 5.57. The molecule has 1 atom stereocenters. The number of benzene rings is 1. The molecule has 0 aliphatic heterocycles. The van der Waals surface area contributed by atoms with Crippen molar-refractivity contribution < 1.29 is 13.9 Å². The van der Waals surface area contributed by atoms with Crippen LogP contribution in [0.25, 0.3) is 0 Å². The topological polar surface area (TPSA) is 31.6 Å². The summed E-state index contributed by atoms with van der Waals surface area (Å²) in [5.74, 6) is 1.70. The monoisotopic (exact) mass is 232 g/mol. The van der Waals surface area contributed by atoms with E-state index in [4.69, 9.17) is 13.9 Å². The number of furan rings is 1. The van der Waals surface area contributed by atoms with Crippen molar-refractivity contribution in [2.75, 3.05) is 7.11 Å². The first-order chi connectivity index (χ1) is 8.29. The summed E-state index contributed by atoms with van der Waals surface area (Å²) in [5, 5.41) is 0. The molecule has 3 heteroatoms. The summed E-state index contributed by atoms with van der Waals surface area (Å²) in [7, 11) is 1.66. The third-order valence-corrected chi connectivity index (χ3v) is 2.60. The van der Waals surface area contributed by atoms with Gasteiger partial charge in [-0.05, 0) is 36.8 Å². The van der Waals surface area contributed by atoms with E-state index in [0.29, 0.717) is 6.61 Å². The molecule has 0 fully saturated rings. The largest absolute Gasteiger partial charge is 0.497 e. The quantitative estimate of drug-likeness (QED) is 0.789. The minimum Gasteiger partial charge on any atom is -0.497 e. The van der Waals surface area contributed by atoms with Crippen LogP contribution in [0.15, 0.2) is 47.1 Å². The van der Waals surface area contributed by atoms with Gasteiger partial charge in [0, 0.05) is 0 Å². The fourth-order valence-corrected chi connectivity index (χ4v) is 1.55. The summed E-state index contributed by atoms with van der Waals surface area (Å²) in [5.41, 5.74) is 1.12. The summed E-state index contributed by atoms with van der Waals surface area (Å²) >= 11 is 0. The van der Waals surface area contributed by atoms with Gasteiger partial charge in [-0.3, -0.25) is 0 Å². The second-order valence-corrected chi connectivity index (χ2v) is 3.82. The fourth-order valence-electron chi connectivity index (χ4n) is 1.55. The predicted octanol–water partition coefficient (Wildman–Crippen LogP) is 3.57. The molecule has 0 amide bonds. The van der Waals surface area contributed by atoms with Gasteiger partial charge in [0.25, 0.3) is 0 Å². The Morgan fingerprint density at radius 2 is 1.94 bits per heavy atom. The average Bonchev–Trinajstić information content (AvgIpc) is 2.90. The Morgan fingerprint density at radius 1 is 1.18 bits per heavy atom. The lowest BCUT2D eigenvalue weighted by molar-refractivity contribution is 0.0381. The van der Waals surface area contributed by atoms with Gasteiger partial charge in [-0.2, -0.15) is 0 Å². The number of methoxy groups -OCH3 is 1. The average molecular weight is 232 g/mol. The van der Waals surface area contributed by atoms with Crippen LogP contribution < -0.4 is 4.74 Å². The number of hydrogen-bond donors (Lipinski definition) is 0. The van der Waals surface area contributed by atoms with Crippen LogP contribution in [0.2, 0.25) is 0 Å². The zero-order chi connectivity index (χ0) is 12.1. The lowest BCUT2D eigenvalue weighted by atomic mass is 10.2. The van der Waals surface area contributed by atoms with Crippen LogP contribution in [0.1, 0.15) is 24.4 Å². The lowest BCUT2D eigenvalue weighted by Gasteiger charge is -2.10. The van der Waals surface area contributed by atoms with Crippen molar-refractivity contribution in [3.63, 3.8) is 0 Å². The van der Waals surface area contributed by atoms with E-state index in [9.17, 15) is 0 Å². The second kappa shape index (κ2) is 5.55. The Labute approximate surface area is 101 Å². The summed E-state index contributed by atoms with van der Waals surface area (Å²) < 4.78 is 16.1. The van der Waals surface area contributed by atoms with Gasteiger partial charge in [0.15, 0.2) is 0 Å². The Morgan fingerprint density at radius 3 is 2.53 bits per heavy atom. The van der Waals surface area contributed by atoms with Crippen molar-refractivity contribution in [3.05, 3.63) is 54.0 Å². The van der Waals surface area contributed by atoms with Crippen LogP contribution in [-0.4, -0.2) is 7.11 Å². The van der Waals surface area contributed by atoms with Gasteiger partial charge in [0.1, 0.15) is 17.6 Å². The summed E-state index contributed by atoms with van der Waals surface area (Å²) in [6.45, 7) is 2.54. The molecule has 2 aromatic rings. The van der Waals surface area contributed by atoms with Crippen molar-refractivity contribution in [2.24, 2.45) is 0 Å². The molecule has 0 aliphatic carbocycles. The van der Waals surface area contributed by atoms with Crippen LogP contribution in [0.5, 0.6) is 5.75 Å². The highest BCUT2D eigenvalue weighted by Gasteiger charge is 2.08. The van der Waals surface area contributed by atoms with E-state index in [1.54, 1.807) is 13.4 Å². The first-order valence-corrected chi connectivity index (χ1v) is 5.57. The van der Waals surface area contributed by atoms with E-state index in [1.165, 1.54) is 0 Å². The van der Waals surface area contributed by atoms with E-state index >= 15 is 0 Å². The van der Waals surface area contributed by atoms with E-state index in [1.807, 2.05) is 43.3 Å². The maximum atomic E-state index is 5.71. The molecule has 1 heterocycles. The molecule has 0 saturated carbocycles. The highest BCUT2D eigenvalue weighted by atomic mass is 16.5. The third-order valence-electron chi connectivity index (χ3n) is 2.60. The molecule has 0 bridgehead atoms. The molecule has 17 heavy (non-hydrogen) atoms. The maximum Gasteiger partial charge on any atom is 0.132 e. The van der Waals surface area contributed by atoms with E-state index in [-0.39, 0.29) is 6.10 Å². The van der Waals surface area contributed by atoms with Crippen molar-refractivity contribution in [1.29, 1.82) is 0 Å². The maximum absolute atomic E-state index is 5.71. The Bertz CT molecular complexity index is 431. The van der Waals surface area contributed by atoms with Gasteiger partial charge >= 0.3 is 0 Å². The molecule has 0 aliphatic rings. The van der Waals surface area contributed by atoms with E-state index < -0.39 is 0 Å². The van der Waals surface area contributed by atoms with Gasteiger partial charge in [-0.25, -0.2) is 0 Å². The Kier molecular flexibility index (Phi) is 3.83. The summed E-state index contributed by atoms with van der Waals surface area (Å²) in [6, 6.07) is 11.6. The van der Waals surface area contributed by atoms with Crippen LogP contribution in [0, 0.1) is 0 Å². The van der Waals surface area contributed by atoms with Crippen LogP contribution in [0.3, 0.4) is 0 Å². The minimum atomic E-state index is -0.0351. The molecule has 90 valence electrons. The van der Waals surface area contributed by atoms with Crippen LogP contribution in [0.4, 0.5) is 0 Å². The van der Waals surface area contributed by atoms with E-state index in [0.717, 1.165) is 17.1 Å².